The Morgan fingerprint density at radius 3 is 2.50 bits per heavy atom. The van der Waals surface area contributed by atoms with Crippen molar-refractivity contribution in [3.8, 4) is 10.4 Å². The number of hydrogen-bond donors (Lipinski definition) is 2. The normalized spacial score (nSPS) is 10.5. The lowest BCUT2D eigenvalue weighted by Crippen LogP contribution is -2.20. The highest BCUT2D eigenvalue weighted by atomic mass is 32.1. The Hall–Kier alpha value is -3.49. The highest BCUT2D eigenvalue weighted by molar-refractivity contribution is 7.80. The molecule has 2 aromatic carbocycles. The van der Waals surface area contributed by atoms with E-state index in [9.17, 15) is 4.79 Å². The molecule has 0 radical (unpaired) electrons. The largest absolute Gasteiger partial charge is 0.462 e. The number of thiophene rings is 1. The maximum atomic E-state index is 12.5. The number of nitrogens with zero attached hydrogens (tertiary/aromatic N) is 2. The minimum atomic E-state index is -0.386. The fourth-order valence-corrected chi connectivity index (χ4v) is 4.45. The summed E-state index contributed by atoms with van der Waals surface area (Å²) in [7, 11) is 0. The van der Waals surface area contributed by atoms with Crippen molar-refractivity contribution in [3.05, 3.63) is 90.1 Å². The molecule has 0 aliphatic rings. The molecule has 0 fully saturated rings. The molecule has 2 heterocycles. The van der Waals surface area contributed by atoms with Gasteiger partial charge in [-0.25, -0.2) is 4.79 Å². The maximum absolute atomic E-state index is 12.5. The summed E-state index contributed by atoms with van der Waals surface area (Å²) < 4.78 is 7.06. The SMILES string of the molecule is CCOC(=O)c1cc(-c2ccccc2)sc1NC(=S)Nc1ccn(Cc2ccccc2)n1. The fourth-order valence-electron chi connectivity index (χ4n) is 3.13. The second kappa shape index (κ2) is 10.2. The molecular formula is C24H22N4O2S2. The van der Waals surface area contributed by atoms with Gasteiger partial charge in [-0.05, 0) is 36.3 Å². The predicted molar refractivity (Wildman–Crippen MR) is 133 cm³/mol. The van der Waals surface area contributed by atoms with E-state index in [1.165, 1.54) is 11.3 Å². The highest BCUT2D eigenvalue weighted by Gasteiger charge is 2.19. The number of thiocarbonyl (C=S) groups is 1. The number of nitrogens with one attached hydrogen (secondary N) is 2. The van der Waals surface area contributed by atoms with Crippen molar-refractivity contribution in [3.63, 3.8) is 0 Å². The molecule has 0 saturated heterocycles. The molecule has 0 aliphatic heterocycles. The molecule has 0 atom stereocenters. The van der Waals surface area contributed by atoms with E-state index in [1.54, 1.807) is 6.92 Å². The molecule has 4 aromatic rings. The van der Waals surface area contributed by atoms with Crippen molar-refractivity contribution < 1.29 is 9.53 Å². The Morgan fingerprint density at radius 2 is 1.78 bits per heavy atom. The zero-order chi connectivity index (χ0) is 22.3. The third-order valence-electron chi connectivity index (χ3n) is 4.58. The monoisotopic (exact) mass is 462 g/mol. The van der Waals surface area contributed by atoms with Crippen LogP contribution in [0, 0.1) is 0 Å². The standard InChI is InChI=1S/C24H22N4O2S2/c1-2-30-23(29)19-15-20(18-11-7-4-8-12-18)32-22(19)26-24(31)25-21-13-14-28(27-21)16-17-9-5-3-6-10-17/h3-15H,2,16H2,1H3,(H2,25,26,27,31). The average molecular weight is 463 g/mol. The van der Waals surface area contributed by atoms with Gasteiger partial charge < -0.3 is 15.4 Å². The van der Waals surface area contributed by atoms with Gasteiger partial charge in [0.2, 0.25) is 0 Å². The van der Waals surface area contributed by atoms with Crippen LogP contribution >= 0.6 is 23.6 Å². The summed E-state index contributed by atoms with van der Waals surface area (Å²) >= 11 is 6.92. The Kier molecular flexibility index (Phi) is 6.94. The van der Waals surface area contributed by atoms with Gasteiger partial charge in [-0.15, -0.1) is 11.3 Å². The van der Waals surface area contributed by atoms with Crippen molar-refractivity contribution >= 4 is 45.5 Å². The Bertz CT molecular complexity index is 1200. The molecule has 8 heteroatoms. The molecular weight excluding hydrogens is 440 g/mol. The van der Waals surface area contributed by atoms with Crippen molar-refractivity contribution in [2.45, 2.75) is 13.5 Å². The minimum absolute atomic E-state index is 0.302. The Morgan fingerprint density at radius 1 is 1.06 bits per heavy atom. The second-order valence-corrected chi connectivity index (χ2v) is 8.36. The van der Waals surface area contributed by atoms with Crippen LogP contribution in [0.2, 0.25) is 0 Å². The van der Waals surface area contributed by atoms with E-state index in [0.29, 0.717) is 34.6 Å². The van der Waals surface area contributed by atoms with Crippen molar-refractivity contribution in [1.29, 1.82) is 0 Å². The lowest BCUT2D eigenvalue weighted by molar-refractivity contribution is 0.0528. The van der Waals surface area contributed by atoms with Crippen LogP contribution in [0.15, 0.2) is 79.0 Å². The van der Waals surface area contributed by atoms with Crippen LogP contribution in [0.3, 0.4) is 0 Å². The van der Waals surface area contributed by atoms with E-state index < -0.39 is 0 Å². The lowest BCUT2D eigenvalue weighted by atomic mass is 10.1. The summed E-state index contributed by atoms with van der Waals surface area (Å²) in [6.45, 7) is 2.75. The first-order valence-electron chi connectivity index (χ1n) is 10.1. The molecule has 0 unspecified atom stereocenters. The van der Waals surface area contributed by atoms with Crippen LogP contribution in [0.1, 0.15) is 22.8 Å². The number of benzene rings is 2. The quantitative estimate of drug-likeness (QED) is 0.273. The van der Waals surface area contributed by atoms with E-state index in [0.717, 1.165) is 16.0 Å². The Labute approximate surface area is 195 Å². The van der Waals surface area contributed by atoms with Crippen LogP contribution in [0.25, 0.3) is 10.4 Å². The summed E-state index contributed by atoms with van der Waals surface area (Å²) in [5, 5.41) is 11.7. The number of carbonyl (C=O) groups is 1. The summed E-state index contributed by atoms with van der Waals surface area (Å²) in [5.41, 5.74) is 2.64. The van der Waals surface area contributed by atoms with E-state index in [1.807, 2.05) is 71.5 Å². The van der Waals surface area contributed by atoms with E-state index in [2.05, 4.69) is 27.9 Å². The van der Waals surface area contributed by atoms with Crippen LogP contribution in [0.5, 0.6) is 0 Å². The lowest BCUT2D eigenvalue weighted by Gasteiger charge is -2.09. The zero-order valence-corrected chi connectivity index (χ0v) is 19.1. The third-order valence-corrected chi connectivity index (χ3v) is 5.89. The first-order chi connectivity index (χ1) is 15.6. The molecule has 0 spiro atoms. The van der Waals surface area contributed by atoms with Crippen LogP contribution in [-0.2, 0) is 11.3 Å². The molecule has 0 saturated carbocycles. The number of anilines is 2. The topological polar surface area (TPSA) is 68.2 Å². The number of carbonyl (C=O) groups excluding carboxylic acids is 1. The van der Waals surface area contributed by atoms with Crippen molar-refractivity contribution in [2.75, 3.05) is 17.2 Å². The van der Waals surface area contributed by atoms with Gasteiger partial charge in [0.1, 0.15) is 5.00 Å². The number of ether oxygens (including phenoxy) is 1. The van der Waals surface area contributed by atoms with Crippen molar-refractivity contribution in [2.24, 2.45) is 0 Å². The van der Waals surface area contributed by atoms with Gasteiger partial charge in [0.15, 0.2) is 10.9 Å². The number of hydrogen-bond acceptors (Lipinski definition) is 5. The zero-order valence-electron chi connectivity index (χ0n) is 17.4. The maximum Gasteiger partial charge on any atom is 0.341 e. The Balaban J connectivity index is 1.47. The molecule has 0 bridgehead atoms. The summed E-state index contributed by atoms with van der Waals surface area (Å²) in [4.78, 5) is 13.4. The number of rotatable bonds is 7. The molecule has 4 rings (SSSR count). The smallest absolute Gasteiger partial charge is 0.341 e. The molecule has 2 N–H and O–H groups in total. The van der Waals surface area contributed by atoms with Crippen molar-refractivity contribution in [1.82, 2.24) is 9.78 Å². The first-order valence-corrected chi connectivity index (χ1v) is 11.4. The number of esters is 1. The van der Waals surface area contributed by atoms with E-state index >= 15 is 0 Å². The summed E-state index contributed by atoms with van der Waals surface area (Å²) in [6, 6.07) is 23.7. The first kappa shape index (κ1) is 21.7. The van der Waals surface area contributed by atoms with Gasteiger partial charge >= 0.3 is 5.97 Å². The second-order valence-electron chi connectivity index (χ2n) is 6.90. The molecule has 2 aromatic heterocycles. The molecule has 0 amide bonds. The molecule has 32 heavy (non-hydrogen) atoms. The minimum Gasteiger partial charge on any atom is -0.462 e. The molecule has 6 nitrogen and oxygen atoms in total. The van der Waals surface area contributed by atoms with Gasteiger partial charge in [-0.2, -0.15) is 5.10 Å². The van der Waals surface area contributed by atoms with Gasteiger partial charge in [-0.3, -0.25) is 4.68 Å². The van der Waals surface area contributed by atoms with Gasteiger partial charge in [0, 0.05) is 17.1 Å². The van der Waals surface area contributed by atoms with Crippen LogP contribution in [0.4, 0.5) is 10.8 Å². The van der Waals surface area contributed by atoms with Gasteiger partial charge in [-0.1, -0.05) is 60.7 Å². The average Bonchev–Trinajstić information content (AvgIpc) is 3.42. The van der Waals surface area contributed by atoms with Crippen LogP contribution in [-0.4, -0.2) is 27.5 Å². The van der Waals surface area contributed by atoms with E-state index in [4.69, 9.17) is 17.0 Å². The van der Waals surface area contributed by atoms with Gasteiger partial charge in [0.25, 0.3) is 0 Å². The summed E-state index contributed by atoms with van der Waals surface area (Å²) in [5.74, 6) is 0.235. The van der Waals surface area contributed by atoms with Crippen LogP contribution < -0.4 is 10.6 Å². The number of aromatic nitrogens is 2. The fraction of sp³-hybridized carbons (Fsp3) is 0.125. The molecule has 162 valence electrons. The third kappa shape index (κ3) is 5.40. The highest BCUT2D eigenvalue weighted by Crippen LogP contribution is 2.36. The molecule has 0 aliphatic carbocycles. The summed E-state index contributed by atoms with van der Waals surface area (Å²) in [6.07, 6.45) is 1.89. The predicted octanol–water partition coefficient (Wildman–Crippen LogP) is 5.65. The van der Waals surface area contributed by atoms with E-state index in [-0.39, 0.29) is 5.97 Å². The van der Waals surface area contributed by atoms with Gasteiger partial charge in [0.05, 0.1) is 18.7 Å².